The number of aliphatic imine (C=N–C) groups is 1. The van der Waals surface area contributed by atoms with Gasteiger partial charge in [-0.1, -0.05) is 19.1 Å². The minimum absolute atomic E-state index is 0. The van der Waals surface area contributed by atoms with Gasteiger partial charge in [-0.2, -0.15) is 0 Å². The summed E-state index contributed by atoms with van der Waals surface area (Å²) in [4.78, 5) is 4.30. The highest BCUT2D eigenvalue weighted by molar-refractivity contribution is 14.0. The van der Waals surface area contributed by atoms with Crippen molar-refractivity contribution in [2.75, 3.05) is 13.6 Å². The van der Waals surface area contributed by atoms with Gasteiger partial charge in [0.1, 0.15) is 18.4 Å². The standard InChI is InChI=1S/C20H32N6O.HI/c1-5-17(3)27-19-12-16(2)8-9-18(19)13-23-20(21-4)22-10-6-7-11-26-14-24-25-15-26;/h8-9,12,14-15,17H,5-7,10-11,13H2,1-4H3,(H2,21,22,23);1H. The summed E-state index contributed by atoms with van der Waals surface area (Å²) in [7, 11) is 1.79. The Hall–Kier alpha value is -1.84. The highest BCUT2D eigenvalue weighted by atomic mass is 127. The number of halogens is 1. The summed E-state index contributed by atoms with van der Waals surface area (Å²) in [5.41, 5.74) is 2.34. The van der Waals surface area contributed by atoms with Crippen molar-refractivity contribution < 1.29 is 4.74 Å². The van der Waals surface area contributed by atoms with Gasteiger partial charge in [0.2, 0.25) is 0 Å². The van der Waals surface area contributed by atoms with Crippen molar-refractivity contribution in [2.45, 2.75) is 59.2 Å². The van der Waals surface area contributed by atoms with Crippen molar-refractivity contribution >= 4 is 29.9 Å². The van der Waals surface area contributed by atoms with Crippen LogP contribution in [0, 0.1) is 6.92 Å². The fourth-order valence-corrected chi connectivity index (χ4v) is 2.58. The minimum atomic E-state index is 0. The third kappa shape index (κ3) is 8.45. The molecule has 1 aromatic carbocycles. The molecule has 156 valence electrons. The largest absolute Gasteiger partial charge is 0.490 e. The summed E-state index contributed by atoms with van der Waals surface area (Å²) in [6, 6.07) is 6.33. The van der Waals surface area contributed by atoms with Crippen molar-refractivity contribution in [3.8, 4) is 5.75 Å². The van der Waals surface area contributed by atoms with Crippen LogP contribution in [-0.2, 0) is 13.1 Å². The van der Waals surface area contributed by atoms with Crippen LogP contribution in [0.3, 0.4) is 0 Å². The van der Waals surface area contributed by atoms with Crippen LogP contribution in [0.1, 0.15) is 44.2 Å². The molecule has 8 heteroatoms. The van der Waals surface area contributed by atoms with Gasteiger partial charge in [-0.25, -0.2) is 0 Å². The number of rotatable bonds is 10. The van der Waals surface area contributed by atoms with E-state index in [-0.39, 0.29) is 30.1 Å². The Morgan fingerprint density at radius 1 is 1.21 bits per heavy atom. The molecule has 0 aliphatic rings. The van der Waals surface area contributed by atoms with Crippen LogP contribution < -0.4 is 15.4 Å². The van der Waals surface area contributed by atoms with Gasteiger partial charge in [0.15, 0.2) is 5.96 Å². The van der Waals surface area contributed by atoms with Gasteiger partial charge in [-0.3, -0.25) is 4.99 Å². The summed E-state index contributed by atoms with van der Waals surface area (Å²) in [5.74, 6) is 1.75. The molecule has 28 heavy (non-hydrogen) atoms. The summed E-state index contributed by atoms with van der Waals surface area (Å²) in [6.07, 6.45) is 6.79. The zero-order chi connectivity index (χ0) is 19.5. The fourth-order valence-electron chi connectivity index (χ4n) is 2.58. The molecule has 0 saturated heterocycles. The lowest BCUT2D eigenvalue weighted by atomic mass is 10.1. The van der Waals surface area contributed by atoms with Gasteiger partial charge in [-0.15, -0.1) is 34.2 Å². The van der Waals surface area contributed by atoms with Crippen LogP contribution in [0.2, 0.25) is 0 Å². The SMILES string of the molecule is CCC(C)Oc1cc(C)ccc1CNC(=NC)NCCCCn1cnnc1.I. The molecule has 0 radical (unpaired) electrons. The fraction of sp³-hybridized carbons (Fsp3) is 0.550. The van der Waals surface area contributed by atoms with E-state index in [0.717, 1.165) is 49.6 Å². The Morgan fingerprint density at radius 3 is 2.64 bits per heavy atom. The van der Waals surface area contributed by atoms with Crippen LogP contribution in [-0.4, -0.2) is 40.4 Å². The molecule has 0 aliphatic heterocycles. The van der Waals surface area contributed by atoms with Gasteiger partial charge in [-0.05, 0) is 44.7 Å². The number of hydrogen-bond donors (Lipinski definition) is 2. The molecule has 0 bridgehead atoms. The van der Waals surface area contributed by atoms with E-state index < -0.39 is 0 Å². The van der Waals surface area contributed by atoms with E-state index in [4.69, 9.17) is 4.74 Å². The van der Waals surface area contributed by atoms with E-state index in [1.54, 1.807) is 19.7 Å². The van der Waals surface area contributed by atoms with Crippen molar-refractivity contribution in [1.29, 1.82) is 0 Å². The number of ether oxygens (including phenoxy) is 1. The summed E-state index contributed by atoms with van der Waals surface area (Å²) >= 11 is 0. The molecule has 2 aromatic rings. The molecule has 2 N–H and O–H groups in total. The second-order valence-corrected chi connectivity index (χ2v) is 6.71. The summed E-state index contributed by atoms with van der Waals surface area (Å²) < 4.78 is 8.07. The molecule has 1 unspecified atom stereocenters. The molecule has 2 rings (SSSR count). The number of benzene rings is 1. The van der Waals surface area contributed by atoms with Crippen LogP contribution in [0.4, 0.5) is 0 Å². The van der Waals surface area contributed by atoms with Crippen molar-refractivity contribution in [1.82, 2.24) is 25.4 Å². The maximum absolute atomic E-state index is 6.08. The Bertz CT molecular complexity index is 705. The number of nitrogens with one attached hydrogen (secondary N) is 2. The monoisotopic (exact) mass is 500 g/mol. The van der Waals surface area contributed by atoms with Crippen molar-refractivity contribution in [2.24, 2.45) is 4.99 Å². The maximum atomic E-state index is 6.08. The highest BCUT2D eigenvalue weighted by Gasteiger charge is 2.08. The van der Waals surface area contributed by atoms with Crippen LogP contribution >= 0.6 is 24.0 Å². The minimum Gasteiger partial charge on any atom is -0.490 e. The normalized spacial score (nSPS) is 12.2. The second-order valence-electron chi connectivity index (χ2n) is 6.71. The first-order chi connectivity index (χ1) is 13.1. The summed E-state index contributed by atoms with van der Waals surface area (Å²) in [5, 5.41) is 14.4. The molecule has 1 atom stereocenters. The summed E-state index contributed by atoms with van der Waals surface area (Å²) in [6.45, 7) is 8.78. The molecule has 0 amide bonds. The number of nitrogens with zero attached hydrogens (tertiary/aromatic N) is 4. The quantitative estimate of drug-likeness (QED) is 0.226. The number of unbranched alkanes of at least 4 members (excludes halogenated alkanes) is 1. The number of hydrogen-bond acceptors (Lipinski definition) is 4. The molecule has 1 heterocycles. The van der Waals surface area contributed by atoms with E-state index in [1.807, 2.05) is 4.57 Å². The van der Waals surface area contributed by atoms with Crippen molar-refractivity contribution in [3.63, 3.8) is 0 Å². The molecule has 1 aromatic heterocycles. The molecular weight excluding hydrogens is 467 g/mol. The Kier molecular flexibility index (Phi) is 11.5. The van der Waals surface area contributed by atoms with E-state index in [1.165, 1.54) is 5.56 Å². The van der Waals surface area contributed by atoms with Gasteiger partial charge in [0.05, 0.1) is 6.10 Å². The Balaban J connectivity index is 0.00000392. The predicted molar refractivity (Wildman–Crippen MR) is 124 cm³/mol. The third-order valence-corrected chi connectivity index (χ3v) is 4.40. The average molecular weight is 500 g/mol. The third-order valence-electron chi connectivity index (χ3n) is 4.40. The first-order valence-electron chi connectivity index (χ1n) is 9.65. The molecule has 0 spiro atoms. The lowest BCUT2D eigenvalue weighted by Gasteiger charge is -2.18. The number of guanidine groups is 1. The lowest BCUT2D eigenvalue weighted by Crippen LogP contribution is -2.37. The Labute approximate surface area is 185 Å². The van der Waals surface area contributed by atoms with Crippen LogP contribution in [0.5, 0.6) is 5.75 Å². The lowest BCUT2D eigenvalue weighted by molar-refractivity contribution is 0.215. The number of aromatic nitrogens is 3. The second kappa shape index (κ2) is 13.4. The van der Waals surface area contributed by atoms with Gasteiger partial charge >= 0.3 is 0 Å². The topological polar surface area (TPSA) is 76.4 Å². The van der Waals surface area contributed by atoms with Gasteiger partial charge in [0, 0.05) is 32.2 Å². The molecule has 7 nitrogen and oxygen atoms in total. The highest BCUT2D eigenvalue weighted by Crippen LogP contribution is 2.22. The molecular formula is C20H33IN6O. The Morgan fingerprint density at radius 2 is 1.96 bits per heavy atom. The first-order valence-corrected chi connectivity index (χ1v) is 9.65. The molecule has 0 fully saturated rings. The van der Waals surface area contributed by atoms with Crippen molar-refractivity contribution in [3.05, 3.63) is 42.0 Å². The first kappa shape index (κ1) is 24.2. The predicted octanol–water partition coefficient (Wildman–Crippen LogP) is 3.53. The van der Waals surface area contributed by atoms with Gasteiger partial charge in [0.25, 0.3) is 0 Å². The van der Waals surface area contributed by atoms with Crippen LogP contribution in [0.25, 0.3) is 0 Å². The van der Waals surface area contributed by atoms with E-state index in [0.29, 0.717) is 6.54 Å². The molecule has 0 saturated carbocycles. The molecule has 0 aliphatic carbocycles. The number of aryl methyl sites for hydroxylation is 2. The average Bonchev–Trinajstić information content (AvgIpc) is 3.18. The maximum Gasteiger partial charge on any atom is 0.191 e. The van der Waals surface area contributed by atoms with E-state index >= 15 is 0 Å². The van der Waals surface area contributed by atoms with E-state index in [9.17, 15) is 0 Å². The van der Waals surface area contributed by atoms with Gasteiger partial charge < -0.3 is 19.9 Å². The zero-order valence-corrected chi connectivity index (χ0v) is 19.6. The zero-order valence-electron chi connectivity index (χ0n) is 17.3. The van der Waals surface area contributed by atoms with Crippen LogP contribution in [0.15, 0.2) is 35.8 Å². The van der Waals surface area contributed by atoms with E-state index in [2.05, 4.69) is 64.8 Å². The smallest absolute Gasteiger partial charge is 0.191 e.